The summed E-state index contributed by atoms with van der Waals surface area (Å²) in [6.45, 7) is 2.76. The van der Waals surface area contributed by atoms with Crippen molar-refractivity contribution in [3.8, 4) is 11.5 Å². The third-order valence-corrected chi connectivity index (χ3v) is 2.93. The van der Waals surface area contributed by atoms with E-state index in [1.165, 1.54) is 5.56 Å². The molecule has 3 nitrogen and oxygen atoms in total. The van der Waals surface area contributed by atoms with Gasteiger partial charge < -0.3 is 15.2 Å². The summed E-state index contributed by atoms with van der Waals surface area (Å²) < 4.78 is 11.1. The Morgan fingerprint density at radius 3 is 2.69 bits per heavy atom. The van der Waals surface area contributed by atoms with Gasteiger partial charge >= 0.3 is 0 Å². The maximum Gasteiger partial charge on any atom is 0.161 e. The fourth-order valence-electron chi connectivity index (χ4n) is 1.59. The number of nitrogens with two attached hydrogens (primary N) is 1. The quantitative estimate of drug-likeness (QED) is 0.829. The third-order valence-electron chi connectivity index (χ3n) is 2.93. The summed E-state index contributed by atoms with van der Waals surface area (Å²) in [7, 11) is 1.67. The predicted octanol–water partition coefficient (Wildman–Crippen LogP) is 2.30. The molecule has 2 rings (SSSR count). The van der Waals surface area contributed by atoms with Gasteiger partial charge in [0.2, 0.25) is 0 Å². The Morgan fingerprint density at radius 1 is 1.38 bits per heavy atom. The van der Waals surface area contributed by atoms with Gasteiger partial charge in [-0.05, 0) is 43.0 Å². The lowest BCUT2D eigenvalue weighted by Crippen LogP contribution is -2.09. The molecule has 0 heterocycles. The lowest BCUT2D eigenvalue weighted by molar-refractivity contribution is 0.281. The minimum absolute atomic E-state index is 0.354. The van der Waals surface area contributed by atoms with Gasteiger partial charge in [0.25, 0.3) is 0 Å². The van der Waals surface area contributed by atoms with Crippen molar-refractivity contribution in [2.24, 2.45) is 5.73 Å². The first-order chi connectivity index (χ1) is 7.74. The molecule has 1 atom stereocenters. The SMILES string of the molecule is COc1ccc(C(C)CN)cc1OC1CC1. The number of hydrogen-bond donors (Lipinski definition) is 1. The first kappa shape index (κ1) is 11.3. The summed E-state index contributed by atoms with van der Waals surface area (Å²) in [5.41, 5.74) is 6.87. The van der Waals surface area contributed by atoms with E-state index in [1.54, 1.807) is 7.11 Å². The molecule has 2 N–H and O–H groups in total. The maximum atomic E-state index is 5.82. The van der Waals surface area contributed by atoms with E-state index < -0.39 is 0 Å². The summed E-state index contributed by atoms with van der Waals surface area (Å²) in [6, 6.07) is 6.06. The Bertz CT molecular complexity index is 361. The van der Waals surface area contributed by atoms with Gasteiger partial charge in [-0.3, -0.25) is 0 Å². The van der Waals surface area contributed by atoms with Gasteiger partial charge in [0.1, 0.15) is 0 Å². The Hall–Kier alpha value is -1.22. The molecule has 1 unspecified atom stereocenters. The van der Waals surface area contributed by atoms with E-state index in [2.05, 4.69) is 19.1 Å². The van der Waals surface area contributed by atoms with Crippen molar-refractivity contribution in [1.29, 1.82) is 0 Å². The molecule has 0 aromatic heterocycles. The highest BCUT2D eigenvalue weighted by molar-refractivity contribution is 5.44. The fraction of sp³-hybridized carbons (Fsp3) is 0.538. The van der Waals surface area contributed by atoms with Gasteiger partial charge in [0.15, 0.2) is 11.5 Å². The van der Waals surface area contributed by atoms with Crippen molar-refractivity contribution in [1.82, 2.24) is 0 Å². The molecule has 1 aromatic carbocycles. The maximum absolute atomic E-state index is 5.82. The zero-order chi connectivity index (χ0) is 11.5. The zero-order valence-corrected chi connectivity index (χ0v) is 9.90. The van der Waals surface area contributed by atoms with Crippen LogP contribution in [0.2, 0.25) is 0 Å². The van der Waals surface area contributed by atoms with Crippen LogP contribution in [-0.4, -0.2) is 19.8 Å². The normalized spacial score (nSPS) is 16.9. The Morgan fingerprint density at radius 2 is 2.12 bits per heavy atom. The first-order valence-corrected chi connectivity index (χ1v) is 5.79. The highest BCUT2D eigenvalue weighted by atomic mass is 16.5. The lowest BCUT2D eigenvalue weighted by atomic mass is 10.0. The van der Waals surface area contributed by atoms with E-state index in [0.717, 1.165) is 24.3 Å². The zero-order valence-electron chi connectivity index (χ0n) is 9.90. The fourth-order valence-corrected chi connectivity index (χ4v) is 1.59. The van der Waals surface area contributed by atoms with Gasteiger partial charge in [0, 0.05) is 0 Å². The summed E-state index contributed by atoms with van der Waals surface area (Å²) in [4.78, 5) is 0. The molecule has 88 valence electrons. The van der Waals surface area contributed by atoms with Crippen LogP contribution in [0.5, 0.6) is 11.5 Å². The van der Waals surface area contributed by atoms with Crippen molar-refractivity contribution in [3.05, 3.63) is 23.8 Å². The molecule has 0 bridgehead atoms. The first-order valence-electron chi connectivity index (χ1n) is 5.79. The van der Waals surface area contributed by atoms with Crippen molar-refractivity contribution in [3.63, 3.8) is 0 Å². The molecule has 0 radical (unpaired) electrons. The molecule has 1 saturated carbocycles. The number of benzene rings is 1. The number of hydrogen-bond acceptors (Lipinski definition) is 3. The van der Waals surface area contributed by atoms with Gasteiger partial charge in [-0.25, -0.2) is 0 Å². The molecule has 3 heteroatoms. The van der Waals surface area contributed by atoms with Crippen molar-refractivity contribution in [2.75, 3.05) is 13.7 Å². The van der Waals surface area contributed by atoms with Crippen LogP contribution in [0.15, 0.2) is 18.2 Å². The smallest absolute Gasteiger partial charge is 0.161 e. The average molecular weight is 221 g/mol. The van der Waals surface area contributed by atoms with Crippen LogP contribution in [0.25, 0.3) is 0 Å². The topological polar surface area (TPSA) is 44.5 Å². The van der Waals surface area contributed by atoms with Crippen LogP contribution in [0.1, 0.15) is 31.2 Å². The molecule has 1 fully saturated rings. The number of rotatable bonds is 5. The van der Waals surface area contributed by atoms with Crippen molar-refractivity contribution in [2.45, 2.75) is 31.8 Å². The molecule has 0 amide bonds. The molecular weight excluding hydrogens is 202 g/mol. The third kappa shape index (κ3) is 2.47. The molecule has 1 aliphatic carbocycles. The summed E-state index contributed by atoms with van der Waals surface area (Å²) >= 11 is 0. The standard InChI is InChI=1S/C13H19NO2/c1-9(8-14)10-3-6-12(15-2)13(7-10)16-11-4-5-11/h3,6-7,9,11H,4-5,8,14H2,1-2H3. The van der Waals surface area contributed by atoms with Crippen molar-refractivity contribution < 1.29 is 9.47 Å². The molecule has 0 aliphatic heterocycles. The van der Waals surface area contributed by atoms with E-state index in [0.29, 0.717) is 18.6 Å². The summed E-state index contributed by atoms with van der Waals surface area (Å²) in [5.74, 6) is 2.01. The van der Waals surface area contributed by atoms with E-state index in [4.69, 9.17) is 15.2 Å². The minimum Gasteiger partial charge on any atom is -0.493 e. The second-order valence-electron chi connectivity index (χ2n) is 4.36. The van der Waals surface area contributed by atoms with Crippen LogP contribution in [-0.2, 0) is 0 Å². The number of ether oxygens (including phenoxy) is 2. The molecule has 16 heavy (non-hydrogen) atoms. The van der Waals surface area contributed by atoms with Crippen LogP contribution in [0.3, 0.4) is 0 Å². The molecular formula is C13H19NO2. The van der Waals surface area contributed by atoms with Crippen LogP contribution in [0.4, 0.5) is 0 Å². The summed E-state index contributed by atoms with van der Waals surface area (Å²) in [6.07, 6.45) is 2.69. The Balaban J connectivity index is 2.22. The van der Waals surface area contributed by atoms with Crippen LogP contribution < -0.4 is 15.2 Å². The van der Waals surface area contributed by atoms with Gasteiger partial charge in [-0.15, -0.1) is 0 Å². The highest BCUT2D eigenvalue weighted by Crippen LogP contribution is 2.35. The molecule has 1 aromatic rings. The van der Waals surface area contributed by atoms with E-state index >= 15 is 0 Å². The Kier molecular flexibility index (Phi) is 3.34. The molecule has 0 saturated heterocycles. The number of methoxy groups -OCH3 is 1. The lowest BCUT2D eigenvalue weighted by Gasteiger charge is -2.14. The largest absolute Gasteiger partial charge is 0.493 e. The summed E-state index contributed by atoms with van der Waals surface area (Å²) in [5, 5.41) is 0. The Labute approximate surface area is 96.5 Å². The highest BCUT2D eigenvalue weighted by Gasteiger charge is 2.25. The molecule has 0 spiro atoms. The second kappa shape index (κ2) is 4.74. The van der Waals surface area contributed by atoms with Crippen LogP contribution >= 0.6 is 0 Å². The molecule has 1 aliphatic rings. The monoisotopic (exact) mass is 221 g/mol. The van der Waals surface area contributed by atoms with Crippen LogP contribution in [0, 0.1) is 0 Å². The predicted molar refractivity (Wildman–Crippen MR) is 64.1 cm³/mol. The second-order valence-corrected chi connectivity index (χ2v) is 4.36. The van der Waals surface area contributed by atoms with E-state index in [-0.39, 0.29) is 0 Å². The van der Waals surface area contributed by atoms with Gasteiger partial charge in [0.05, 0.1) is 13.2 Å². The van der Waals surface area contributed by atoms with E-state index in [1.807, 2.05) is 6.07 Å². The minimum atomic E-state index is 0.354. The average Bonchev–Trinajstić information content (AvgIpc) is 3.12. The van der Waals surface area contributed by atoms with Gasteiger partial charge in [-0.1, -0.05) is 13.0 Å². The van der Waals surface area contributed by atoms with Crippen molar-refractivity contribution >= 4 is 0 Å². The van der Waals surface area contributed by atoms with E-state index in [9.17, 15) is 0 Å². The van der Waals surface area contributed by atoms with Gasteiger partial charge in [-0.2, -0.15) is 0 Å².